The zero-order valence-electron chi connectivity index (χ0n) is 16.2. The molecule has 0 spiro atoms. The smallest absolute Gasteiger partial charge is 0.345 e. The Morgan fingerprint density at radius 3 is 2.47 bits per heavy atom. The van der Waals surface area contributed by atoms with Gasteiger partial charge in [0.15, 0.2) is 23.9 Å². The first kappa shape index (κ1) is 20.8. The Kier molecular flexibility index (Phi) is 5.95. The van der Waals surface area contributed by atoms with E-state index in [4.69, 9.17) is 14.2 Å². The zero-order chi connectivity index (χ0) is 21.8. The Labute approximate surface area is 170 Å². The zero-order valence-corrected chi connectivity index (χ0v) is 16.2. The van der Waals surface area contributed by atoms with Crippen LogP contribution >= 0.6 is 0 Å². The van der Waals surface area contributed by atoms with Crippen LogP contribution in [0.4, 0.5) is 11.4 Å². The van der Waals surface area contributed by atoms with Crippen molar-refractivity contribution in [2.45, 2.75) is 12.8 Å². The topological polar surface area (TPSA) is 134 Å². The van der Waals surface area contributed by atoms with Gasteiger partial charge in [-0.05, 0) is 30.2 Å². The summed E-state index contributed by atoms with van der Waals surface area (Å²) in [5.41, 5.74) is 0.857. The summed E-state index contributed by atoms with van der Waals surface area (Å²) in [6, 6.07) is 6.93. The first-order valence-electron chi connectivity index (χ1n) is 8.87. The highest BCUT2D eigenvalue weighted by molar-refractivity contribution is 6.02. The van der Waals surface area contributed by atoms with Gasteiger partial charge in [0.1, 0.15) is 5.56 Å². The summed E-state index contributed by atoms with van der Waals surface area (Å²) in [5.74, 6) is -1.42. The van der Waals surface area contributed by atoms with Crippen molar-refractivity contribution in [2.24, 2.45) is 0 Å². The number of ketones is 1. The highest BCUT2D eigenvalue weighted by Gasteiger charge is 2.26. The number of nitro benzene ring substituents is 1. The van der Waals surface area contributed by atoms with Crippen LogP contribution in [0.3, 0.4) is 0 Å². The minimum absolute atomic E-state index is 0.0815. The Bertz CT molecular complexity index is 1050. The average Bonchev–Trinajstić information content (AvgIpc) is 2.75. The van der Waals surface area contributed by atoms with E-state index >= 15 is 0 Å². The molecule has 0 fully saturated rings. The van der Waals surface area contributed by atoms with Gasteiger partial charge in [-0.3, -0.25) is 19.7 Å². The molecule has 10 heteroatoms. The molecule has 0 atom stereocenters. The number of nitro groups is 1. The first-order valence-corrected chi connectivity index (χ1v) is 8.87. The molecule has 1 heterocycles. The van der Waals surface area contributed by atoms with E-state index in [2.05, 4.69) is 5.32 Å². The SMILES string of the molecule is COc1cc(C(=O)OCC(=O)c2ccc3c(c2)CCC(=O)N3)c([N+](=O)[O-])cc1OC. The van der Waals surface area contributed by atoms with Gasteiger partial charge in [-0.15, -0.1) is 0 Å². The molecule has 2 aromatic carbocycles. The van der Waals surface area contributed by atoms with E-state index < -0.39 is 29.0 Å². The van der Waals surface area contributed by atoms with E-state index in [1.807, 2.05) is 0 Å². The number of methoxy groups -OCH3 is 2. The monoisotopic (exact) mass is 414 g/mol. The molecular weight excluding hydrogens is 396 g/mol. The van der Waals surface area contributed by atoms with Crippen LogP contribution in [0.25, 0.3) is 0 Å². The molecule has 1 N–H and O–H groups in total. The van der Waals surface area contributed by atoms with Gasteiger partial charge in [0.25, 0.3) is 5.69 Å². The van der Waals surface area contributed by atoms with E-state index in [0.29, 0.717) is 24.1 Å². The minimum atomic E-state index is -1.04. The summed E-state index contributed by atoms with van der Waals surface area (Å²) in [7, 11) is 2.63. The number of nitrogens with zero attached hydrogens (tertiary/aromatic N) is 1. The van der Waals surface area contributed by atoms with Gasteiger partial charge in [-0.1, -0.05) is 0 Å². The van der Waals surface area contributed by atoms with Crippen LogP contribution in [0.1, 0.15) is 32.7 Å². The third-order valence-electron chi connectivity index (χ3n) is 4.58. The molecule has 0 radical (unpaired) electrons. The average molecular weight is 414 g/mol. The predicted octanol–water partition coefficient (Wildman–Crippen LogP) is 2.54. The fourth-order valence-corrected chi connectivity index (χ4v) is 3.03. The van der Waals surface area contributed by atoms with Crippen molar-refractivity contribution < 1.29 is 33.5 Å². The van der Waals surface area contributed by atoms with Crippen LogP contribution < -0.4 is 14.8 Å². The van der Waals surface area contributed by atoms with E-state index in [9.17, 15) is 24.5 Å². The second kappa shape index (κ2) is 8.60. The quantitative estimate of drug-likeness (QED) is 0.316. The minimum Gasteiger partial charge on any atom is -0.493 e. The van der Waals surface area contributed by atoms with Crippen molar-refractivity contribution in [1.29, 1.82) is 0 Å². The fraction of sp³-hybridized carbons (Fsp3) is 0.250. The number of benzene rings is 2. The maximum Gasteiger partial charge on any atom is 0.345 e. The lowest BCUT2D eigenvalue weighted by Gasteiger charge is -2.17. The van der Waals surface area contributed by atoms with Crippen molar-refractivity contribution >= 4 is 29.0 Å². The Morgan fingerprint density at radius 2 is 1.80 bits per heavy atom. The molecule has 2 aromatic rings. The van der Waals surface area contributed by atoms with E-state index in [1.54, 1.807) is 12.1 Å². The van der Waals surface area contributed by atoms with Gasteiger partial charge in [-0.2, -0.15) is 0 Å². The second-order valence-corrected chi connectivity index (χ2v) is 6.40. The number of fused-ring (bicyclic) bond motifs is 1. The molecule has 156 valence electrons. The van der Waals surface area contributed by atoms with Crippen molar-refractivity contribution in [3.05, 3.63) is 57.1 Å². The maximum atomic E-state index is 12.4. The maximum absolute atomic E-state index is 12.4. The number of rotatable bonds is 7. The second-order valence-electron chi connectivity index (χ2n) is 6.40. The molecule has 0 aromatic heterocycles. The number of carbonyl (C=O) groups is 3. The fourth-order valence-electron chi connectivity index (χ4n) is 3.03. The number of esters is 1. The van der Waals surface area contributed by atoms with Crippen molar-refractivity contribution in [1.82, 2.24) is 0 Å². The summed E-state index contributed by atoms with van der Waals surface area (Å²) in [4.78, 5) is 46.8. The van der Waals surface area contributed by atoms with Gasteiger partial charge in [0, 0.05) is 23.7 Å². The molecule has 0 saturated heterocycles. The van der Waals surface area contributed by atoms with Crippen molar-refractivity contribution in [3.8, 4) is 11.5 Å². The van der Waals surface area contributed by atoms with Gasteiger partial charge in [-0.25, -0.2) is 4.79 Å². The third kappa shape index (κ3) is 4.22. The molecule has 1 amide bonds. The molecule has 0 unspecified atom stereocenters. The highest BCUT2D eigenvalue weighted by atomic mass is 16.6. The van der Waals surface area contributed by atoms with Gasteiger partial charge in [0.05, 0.1) is 25.2 Å². The van der Waals surface area contributed by atoms with Gasteiger partial charge in [0.2, 0.25) is 5.91 Å². The molecule has 0 bridgehead atoms. The van der Waals surface area contributed by atoms with Crippen LogP contribution in [0.15, 0.2) is 30.3 Å². The Morgan fingerprint density at radius 1 is 1.10 bits per heavy atom. The number of carbonyl (C=O) groups excluding carboxylic acids is 3. The van der Waals surface area contributed by atoms with Crippen LogP contribution in [0.5, 0.6) is 11.5 Å². The predicted molar refractivity (Wildman–Crippen MR) is 104 cm³/mol. The highest BCUT2D eigenvalue weighted by Crippen LogP contribution is 2.34. The number of hydrogen-bond donors (Lipinski definition) is 1. The number of amides is 1. The molecule has 1 aliphatic rings. The molecule has 10 nitrogen and oxygen atoms in total. The number of nitrogens with one attached hydrogen (secondary N) is 1. The summed E-state index contributed by atoms with van der Waals surface area (Å²) in [6.45, 7) is -0.602. The molecule has 30 heavy (non-hydrogen) atoms. The molecule has 0 aliphatic carbocycles. The molecule has 1 aliphatic heterocycles. The molecule has 0 saturated carbocycles. The van der Waals surface area contributed by atoms with E-state index in [1.165, 1.54) is 20.3 Å². The van der Waals surface area contributed by atoms with Crippen LogP contribution in [-0.4, -0.2) is 43.4 Å². The lowest BCUT2D eigenvalue weighted by atomic mass is 9.99. The normalized spacial score (nSPS) is 12.4. The number of Topliss-reactive ketones (excluding diaryl/α,β-unsaturated/α-hetero) is 1. The third-order valence-corrected chi connectivity index (χ3v) is 4.58. The van der Waals surface area contributed by atoms with Crippen molar-refractivity contribution in [3.63, 3.8) is 0 Å². The largest absolute Gasteiger partial charge is 0.493 e. The summed E-state index contributed by atoms with van der Waals surface area (Å²) in [5, 5.41) is 14.0. The lowest BCUT2D eigenvalue weighted by molar-refractivity contribution is -0.385. The number of hydrogen-bond acceptors (Lipinski definition) is 8. The van der Waals surface area contributed by atoms with Crippen LogP contribution in [-0.2, 0) is 16.0 Å². The Balaban J connectivity index is 1.76. The van der Waals surface area contributed by atoms with Gasteiger partial charge < -0.3 is 19.5 Å². The number of aryl methyl sites for hydroxylation is 1. The van der Waals surface area contributed by atoms with Crippen LogP contribution in [0.2, 0.25) is 0 Å². The van der Waals surface area contributed by atoms with Crippen LogP contribution in [0, 0.1) is 10.1 Å². The summed E-state index contributed by atoms with van der Waals surface area (Å²) >= 11 is 0. The number of anilines is 1. The molecule has 3 rings (SSSR count). The van der Waals surface area contributed by atoms with Crippen molar-refractivity contribution in [2.75, 3.05) is 26.1 Å². The first-order chi connectivity index (χ1) is 14.3. The number of ether oxygens (including phenoxy) is 3. The Hall–Kier alpha value is -3.95. The van der Waals surface area contributed by atoms with Gasteiger partial charge >= 0.3 is 5.97 Å². The molecular formula is C20H18N2O8. The summed E-state index contributed by atoms with van der Waals surface area (Å²) in [6.07, 6.45) is 0.822. The summed E-state index contributed by atoms with van der Waals surface area (Å²) < 4.78 is 15.1. The standard InChI is InChI=1S/C20H18N2O8/c1-28-17-8-13(15(22(26)27)9-18(17)29-2)20(25)30-10-16(23)12-3-5-14-11(7-12)4-6-19(24)21-14/h3,5,7-9H,4,6,10H2,1-2H3,(H,21,24). The van der Waals surface area contributed by atoms with E-state index in [0.717, 1.165) is 17.7 Å². The lowest BCUT2D eigenvalue weighted by Crippen LogP contribution is -2.20. The van der Waals surface area contributed by atoms with E-state index in [-0.39, 0.29) is 23.0 Å².